The van der Waals surface area contributed by atoms with Crippen molar-refractivity contribution in [1.82, 2.24) is 14.9 Å². The first-order valence-electron chi connectivity index (χ1n) is 8.92. The molecule has 27 heavy (non-hydrogen) atoms. The van der Waals surface area contributed by atoms with E-state index in [1.807, 2.05) is 55.5 Å². The minimum atomic E-state index is -0.132. The molecule has 5 heteroatoms. The number of hydrogen-bond acceptors (Lipinski definition) is 4. The average Bonchev–Trinajstić information content (AvgIpc) is 2.64. The lowest BCUT2D eigenvalue weighted by Crippen LogP contribution is -2.27. The highest BCUT2D eigenvalue weighted by molar-refractivity contribution is 5.92. The van der Waals surface area contributed by atoms with Crippen molar-refractivity contribution < 1.29 is 4.79 Å². The number of anilines is 2. The van der Waals surface area contributed by atoms with Crippen LogP contribution in [-0.2, 0) is 6.54 Å². The summed E-state index contributed by atoms with van der Waals surface area (Å²) in [7, 11) is 1.78. The first kappa shape index (κ1) is 18.6. The van der Waals surface area contributed by atoms with Gasteiger partial charge in [-0.25, -0.2) is 9.97 Å². The first-order valence-corrected chi connectivity index (χ1v) is 8.92. The number of rotatable bonds is 5. The molecule has 5 nitrogen and oxygen atoms in total. The minimum Gasteiger partial charge on any atom is -0.336 e. The molecule has 0 aliphatic heterocycles. The molecule has 3 aromatic rings. The normalized spacial score (nSPS) is 10.5. The number of benzene rings is 2. The third-order valence-corrected chi connectivity index (χ3v) is 4.45. The van der Waals surface area contributed by atoms with Crippen molar-refractivity contribution in [3.8, 4) is 0 Å². The predicted molar refractivity (Wildman–Crippen MR) is 108 cm³/mol. The molecule has 0 radical (unpaired) electrons. The van der Waals surface area contributed by atoms with Crippen LogP contribution in [0.2, 0.25) is 0 Å². The van der Waals surface area contributed by atoms with Crippen LogP contribution in [0.4, 0.5) is 11.6 Å². The molecule has 1 heterocycles. The number of amides is 1. The largest absolute Gasteiger partial charge is 0.336 e. The monoisotopic (exact) mass is 360 g/mol. The van der Waals surface area contributed by atoms with Crippen molar-refractivity contribution in [2.75, 3.05) is 12.4 Å². The van der Waals surface area contributed by atoms with Gasteiger partial charge in [0.25, 0.3) is 5.91 Å². The van der Waals surface area contributed by atoms with Crippen LogP contribution in [0.3, 0.4) is 0 Å². The van der Waals surface area contributed by atoms with Crippen LogP contribution in [0.25, 0.3) is 0 Å². The number of hydrogen-bond donors (Lipinski definition) is 1. The van der Waals surface area contributed by atoms with Gasteiger partial charge in [0.15, 0.2) is 0 Å². The summed E-state index contributed by atoms with van der Waals surface area (Å²) in [5.74, 6) is 0.294. The summed E-state index contributed by atoms with van der Waals surface area (Å²) in [5.41, 5.74) is 5.52. The highest BCUT2D eigenvalue weighted by Crippen LogP contribution is 2.18. The molecule has 0 fully saturated rings. The summed E-state index contributed by atoms with van der Waals surface area (Å²) in [5, 5.41) is 3.20. The predicted octanol–water partition coefficient (Wildman–Crippen LogP) is 4.42. The molecular weight excluding hydrogens is 336 g/mol. The molecule has 1 aromatic heterocycles. The van der Waals surface area contributed by atoms with Crippen LogP contribution in [-0.4, -0.2) is 27.8 Å². The number of carbonyl (C=O) groups excluding carboxylic acids is 1. The van der Waals surface area contributed by atoms with Crippen LogP contribution in [0.15, 0.2) is 54.6 Å². The van der Waals surface area contributed by atoms with Gasteiger partial charge in [0, 0.05) is 25.0 Å². The quantitative estimate of drug-likeness (QED) is 0.732. The molecule has 0 unspecified atom stereocenters. The van der Waals surface area contributed by atoms with E-state index in [1.165, 1.54) is 11.1 Å². The van der Waals surface area contributed by atoms with E-state index in [1.54, 1.807) is 18.0 Å². The fraction of sp³-hybridized carbons (Fsp3) is 0.227. The first-order chi connectivity index (χ1) is 12.9. The summed E-state index contributed by atoms with van der Waals surface area (Å²) in [6.45, 7) is 6.52. The van der Waals surface area contributed by atoms with E-state index in [0.717, 1.165) is 16.9 Å². The molecule has 1 N–H and O–H groups in total. The SMILES string of the molecule is Cc1cc(C(=O)N(C)Cc2ccccc2)nc(Nc2ccc(C)c(C)c2)n1. The Bertz CT molecular complexity index is 954. The fourth-order valence-electron chi connectivity index (χ4n) is 2.81. The van der Waals surface area contributed by atoms with Crippen LogP contribution in [0.1, 0.15) is 32.9 Å². The number of nitrogens with one attached hydrogen (secondary N) is 1. The van der Waals surface area contributed by atoms with Gasteiger partial charge in [-0.1, -0.05) is 36.4 Å². The zero-order chi connectivity index (χ0) is 19.4. The molecule has 0 spiro atoms. The molecule has 1 amide bonds. The molecule has 0 saturated heterocycles. The van der Waals surface area contributed by atoms with E-state index < -0.39 is 0 Å². The van der Waals surface area contributed by atoms with Crippen LogP contribution in [0, 0.1) is 20.8 Å². The Morgan fingerprint density at radius 3 is 2.41 bits per heavy atom. The molecule has 3 rings (SSSR count). The highest BCUT2D eigenvalue weighted by atomic mass is 16.2. The molecule has 0 bridgehead atoms. The Kier molecular flexibility index (Phi) is 5.50. The Hall–Kier alpha value is -3.21. The molecule has 2 aromatic carbocycles. The molecule has 0 atom stereocenters. The lowest BCUT2D eigenvalue weighted by molar-refractivity contribution is 0.0779. The van der Waals surface area contributed by atoms with Crippen molar-refractivity contribution in [2.45, 2.75) is 27.3 Å². The summed E-state index contributed by atoms with van der Waals surface area (Å²) in [6.07, 6.45) is 0. The lowest BCUT2D eigenvalue weighted by atomic mass is 10.1. The van der Waals surface area contributed by atoms with Gasteiger partial charge >= 0.3 is 0 Å². The van der Waals surface area contributed by atoms with Crippen LogP contribution < -0.4 is 5.32 Å². The van der Waals surface area contributed by atoms with Gasteiger partial charge in [-0.05, 0) is 55.7 Å². The molecule has 0 aliphatic carbocycles. The fourth-order valence-corrected chi connectivity index (χ4v) is 2.81. The van der Waals surface area contributed by atoms with Crippen molar-refractivity contribution in [1.29, 1.82) is 0 Å². The van der Waals surface area contributed by atoms with Gasteiger partial charge in [0.05, 0.1) is 0 Å². The maximum Gasteiger partial charge on any atom is 0.272 e. The number of aryl methyl sites for hydroxylation is 3. The average molecular weight is 360 g/mol. The maximum absolute atomic E-state index is 12.8. The summed E-state index contributed by atoms with van der Waals surface area (Å²) >= 11 is 0. The highest BCUT2D eigenvalue weighted by Gasteiger charge is 2.16. The lowest BCUT2D eigenvalue weighted by Gasteiger charge is -2.17. The van der Waals surface area contributed by atoms with Gasteiger partial charge in [0.2, 0.25) is 5.95 Å². The Morgan fingerprint density at radius 2 is 1.70 bits per heavy atom. The van der Waals surface area contributed by atoms with E-state index in [0.29, 0.717) is 18.2 Å². The van der Waals surface area contributed by atoms with E-state index in [9.17, 15) is 4.79 Å². The second-order valence-corrected chi connectivity index (χ2v) is 6.79. The van der Waals surface area contributed by atoms with Gasteiger partial charge in [-0.2, -0.15) is 0 Å². The smallest absolute Gasteiger partial charge is 0.272 e. The topological polar surface area (TPSA) is 58.1 Å². The van der Waals surface area contributed by atoms with E-state index in [2.05, 4.69) is 29.1 Å². The number of carbonyl (C=O) groups is 1. The molecular formula is C22H24N4O. The van der Waals surface area contributed by atoms with Crippen LogP contribution in [0.5, 0.6) is 0 Å². The third kappa shape index (κ3) is 4.70. The second-order valence-electron chi connectivity index (χ2n) is 6.79. The minimum absolute atomic E-state index is 0.132. The van der Waals surface area contributed by atoms with Gasteiger partial charge in [0.1, 0.15) is 5.69 Å². The van der Waals surface area contributed by atoms with E-state index in [4.69, 9.17) is 0 Å². The van der Waals surface area contributed by atoms with Crippen molar-refractivity contribution in [2.24, 2.45) is 0 Å². The molecule has 0 aliphatic rings. The Balaban J connectivity index is 1.79. The zero-order valence-electron chi connectivity index (χ0n) is 16.2. The van der Waals surface area contributed by atoms with Gasteiger partial charge in [-0.15, -0.1) is 0 Å². The third-order valence-electron chi connectivity index (χ3n) is 4.45. The van der Waals surface area contributed by atoms with Crippen LogP contribution >= 0.6 is 0 Å². The number of nitrogens with zero attached hydrogens (tertiary/aromatic N) is 3. The zero-order valence-corrected chi connectivity index (χ0v) is 16.2. The van der Waals surface area contributed by atoms with Crippen molar-refractivity contribution in [3.63, 3.8) is 0 Å². The van der Waals surface area contributed by atoms with Crippen molar-refractivity contribution >= 4 is 17.5 Å². The number of aromatic nitrogens is 2. The molecule has 0 saturated carbocycles. The summed E-state index contributed by atoms with van der Waals surface area (Å²) < 4.78 is 0. The van der Waals surface area contributed by atoms with E-state index in [-0.39, 0.29) is 5.91 Å². The van der Waals surface area contributed by atoms with Gasteiger partial charge < -0.3 is 10.2 Å². The van der Waals surface area contributed by atoms with E-state index >= 15 is 0 Å². The van der Waals surface area contributed by atoms with Crippen molar-refractivity contribution in [3.05, 3.63) is 82.7 Å². The van der Waals surface area contributed by atoms with Gasteiger partial charge in [-0.3, -0.25) is 4.79 Å². The summed E-state index contributed by atoms with van der Waals surface area (Å²) in [4.78, 5) is 23.3. The maximum atomic E-state index is 12.8. The summed E-state index contributed by atoms with van der Waals surface area (Å²) in [6, 6.07) is 17.7. The Morgan fingerprint density at radius 1 is 0.963 bits per heavy atom. The standard InChI is InChI=1S/C22H24N4O/c1-15-10-11-19(12-16(15)2)24-22-23-17(3)13-20(25-22)21(27)26(4)14-18-8-6-5-7-9-18/h5-13H,14H2,1-4H3,(H,23,24,25). The second kappa shape index (κ2) is 7.99. The Labute approximate surface area is 160 Å². The molecule has 138 valence electrons.